The largest absolute Gasteiger partial charge is 0.493 e. The number of rotatable bonds is 5. The molecule has 1 amide bonds. The molecule has 0 fully saturated rings. The van der Waals surface area contributed by atoms with Crippen molar-refractivity contribution in [1.82, 2.24) is 15.1 Å². The van der Waals surface area contributed by atoms with Gasteiger partial charge >= 0.3 is 6.18 Å². The van der Waals surface area contributed by atoms with E-state index in [9.17, 15) is 26.7 Å². The quantitative estimate of drug-likeness (QED) is 0.605. The third-order valence-electron chi connectivity index (χ3n) is 4.33. The summed E-state index contributed by atoms with van der Waals surface area (Å²) in [5.41, 5.74) is -0.953. The molecule has 1 aromatic heterocycles. The summed E-state index contributed by atoms with van der Waals surface area (Å²) in [7, 11) is 1.27. The van der Waals surface area contributed by atoms with Gasteiger partial charge in [0.05, 0.1) is 30.6 Å². The van der Waals surface area contributed by atoms with Gasteiger partial charge in [0.2, 0.25) is 0 Å². The van der Waals surface area contributed by atoms with Gasteiger partial charge in [-0.25, -0.2) is 13.5 Å². The third kappa shape index (κ3) is 4.42. The molecule has 5 nitrogen and oxygen atoms in total. The van der Waals surface area contributed by atoms with E-state index in [1.165, 1.54) is 38.4 Å². The summed E-state index contributed by atoms with van der Waals surface area (Å²) in [5, 5.41) is 6.53. The number of benzene rings is 2. The van der Waals surface area contributed by atoms with Gasteiger partial charge in [-0.05, 0) is 31.2 Å². The van der Waals surface area contributed by atoms with Crippen LogP contribution in [0.4, 0.5) is 22.0 Å². The Hall–Kier alpha value is -3.43. The first-order valence-corrected chi connectivity index (χ1v) is 8.67. The molecule has 1 N–H and O–H groups in total. The molecule has 158 valence electrons. The molecule has 1 heterocycles. The van der Waals surface area contributed by atoms with Crippen LogP contribution in [0.25, 0.3) is 5.69 Å². The average Bonchev–Trinajstić information content (AvgIpc) is 3.12. The highest BCUT2D eigenvalue weighted by Gasteiger charge is 2.31. The zero-order valence-electron chi connectivity index (χ0n) is 15.8. The summed E-state index contributed by atoms with van der Waals surface area (Å²) in [5.74, 6) is -2.31. The van der Waals surface area contributed by atoms with Crippen molar-refractivity contribution in [2.24, 2.45) is 0 Å². The van der Waals surface area contributed by atoms with Gasteiger partial charge in [-0.15, -0.1) is 0 Å². The number of carbonyl (C=O) groups excluding carboxylic acids is 1. The van der Waals surface area contributed by atoms with Gasteiger partial charge in [0.25, 0.3) is 5.91 Å². The number of aromatic nitrogens is 2. The van der Waals surface area contributed by atoms with E-state index in [-0.39, 0.29) is 22.7 Å². The topological polar surface area (TPSA) is 56.2 Å². The summed E-state index contributed by atoms with van der Waals surface area (Å²) in [6, 6.07) is 6.52. The Morgan fingerprint density at radius 1 is 1.17 bits per heavy atom. The second-order valence-electron chi connectivity index (χ2n) is 6.40. The van der Waals surface area contributed by atoms with Gasteiger partial charge in [0.1, 0.15) is 11.6 Å². The van der Waals surface area contributed by atoms with E-state index >= 15 is 0 Å². The van der Waals surface area contributed by atoms with Crippen molar-refractivity contribution in [3.63, 3.8) is 0 Å². The molecule has 0 spiro atoms. The Kier molecular flexibility index (Phi) is 5.77. The molecule has 3 rings (SSSR count). The lowest BCUT2D eigenvalue weighted by Crippen LogP contribution is -2.28. The van der Waals surface area contributed by atoms with E-state index in [4.69, 9.17) is 4.74 Å². The number of hydrogen-bond acceptors (Lipinski definition) is 3. The van der Waals surface area contributed by atoms with Crippen LogP contribution in [0.5, 0.6) is 5.75 Å². The standard InChI is InChI=1S/C20H16F5N3O2/c1-11(15-7-6-13(21)9-16(15)22)26-19(29)18-17(30-2)10-28(27-18)14-5-3-4-12(8-14)20(23,24)25/h3-11H,1-2H3,(H,26,29). The van der Waals surface area contributed by atoms with Crippen LogP contribution in [0.1, 0.15) is 34.6 Å². The fraction of sp³-hybridized carbons (Fsp3) is 0.200. The molecule has 2 aromatic carbocycles. The minimum atomic E-state index is -4.54. The highest BCUT2D eigenvalue weighted by atomic mass is 19.4. The van der Waals surface area contributed by atoms with E-state index in [2.05, 4.69) is 10.4 Å². The van der Waals surface area contributed by atoms with Crippen LogP contribution < -0.4 is 10.1 Å². The van der Waals surface area contributed by atoms with Crippen molar-refractivity contribution >= 4 is 5.91 Å². The van der Waals surface area contributed by atoms with Crippen LogP contribution in [-0.2, 0) is 6.18 Å². The first kappa shape index (κ1) is 21.3. The van der Waals surface area contributed by atoms with Gasteiger partial charge in [0, 0.05) is 11.6 Å². The number of ether oxygens (including phenoxy) is 1. The Balaban J connectivity index is 1.88. The Labute approximate surface area is 168 Å². The monoisotopic (exact) mass is 425 g/mol. The molecule has 1 atom stereocenters. The fourth-order valence-corrected chi connectivity index (χ4v) is 2.82. The van der Waals surface area contributed by atoms with Crippen molar-refractivity contribution in [3.05, 3.63) is 77.1 Å². The second-order valence-corrected chi connectivity index (χ2v) is 6.40. The number of carbonyl (C=O) groups is 1. The van der Waals surface area contributed by atoms with Crippen LogP contribution >= 0.6 is 0 Å². The minimum absolute atomic E-state index is 0.0108. The van der Waals surface area contributed by atoms with E-state index in [0.29, 0.717) is 6.07 Å². The molecule has 0 aliphatic heterocycles. The predicted molar refractivity (Wildman–Crippen MR) is 97.4 cm³/mol. The van der Waals surface area contributed by atoms with Gasteiger partial charge in [-0.1, -0.05) is 12.1 Å². The number of halogens is 5. The third-order valence-corrected chi connectivity index (χ3v) is 4.33. The lowest BCUT2D eigenvalue weighted by atomic mass is 10.1. The van der Waals surface area contributed by atoms with E-state index in [1.807, 2.05) is 0 Å². The van der Waals surface area contributed by atoms with Crippen molar-refractivity contribution in [3.8, 4) is 11.4 Å². The maximum absolute atomic E-state index is 13.9. The molecule has 0 aliphatic carbocycles. The molecule has 0 aliphatic rings. The van der Waals surface area contributed by atoms with Crippen molar-refractivity contribution < 1.29 is 31.5 Å². The highest BCUT2D eigenvalue weighted by molar-refractivity contribution is 5.95. The lowest BCUT2D eigenvalue weighted by Gasteiger charge is -2.14. The van der Waals surface area contributed by atoms with Crippen LogP contribution in [-0.4, -0.2) is 22.8 Å². The number of methoxy groups -OCH3 is 1. The zero-order chi connectivity index (χ0) is 22.1. The first-order chi connectivity index (χ1) is 14.1. The molecule has 0 radical (unpaired) electrons. The normalized spacial score (nSPS) is 12.5. The summed E-state index contributed by atoms with van der Waals surface area (Å²) in [6.07, 6.45) is -3.28. The van der Waals surface area contributed by atoms with E-state index < -0.39 is 35.3 Å². The highest BCUT2D eigenvalue weighted by Crippen LogP contribution is 2.31. The SMILES string of the molecule is COc1cn(-c2cccc(C(F)(F)F)c2)nc1C(=O)NC(C)c1ccc(F)cc1F. The van der Waals surface area contributed by atoms with Gasteiger partial charge < -0.3 is 10.1 Å². The molecule has 1 unspecified atom stereocenters. The number of nitrogens with zero attached hydrogens (tertiary/aromatic N) is 2. The fourth-order valence-electron chi connectivity index (χ4n) is 2.82. The van der Waals surface area contributed by atoms with Crippen molar-refractivity contribution in [1.29, 1.82) is 0 Å². The number of hydrogen-bond donors (Lipinski definition) is 1. The Morgan fingerprint density at radius 2 is 1.90 bits per heavy atom. The average molecular weight is 425 g/mol. The van der Waals surface area contributed by atoms with Crippen molar-refractivity contribution in [2.75, 3.05) is 7.11 Å². The number of amides is 1. The molecule has 0 saturated carbocycles. The lowest BCUT2D eigenvalue weighted by molar-refractivity contribution is -0.137. The summed E-state index contributed by atoms with van der Waals surface area (Å²) >= 11 is 0. The molecule has 3 aromatic rings. The number of nitrogens with one attached hydrogen (secondary N) is 1. The van der Waals surface area contributed by atoms with Crippen LogP contribution in [0.2, 0.25) is 0 Å². The predicted octanol–water partition coefficient (Wildman–Crippen LogP) is 4.67. The summed E-state index contributed by atoms with van der Waals surface area (Å²) in [4.78, 5) is 12.6. The van der Waals surface area contributed by atoms with Gasteiger partial charge in [-0.2, -0.15) is 18.3 Å². The van der Waals surface area contributed by atoms with Gasteiger partial charge in [0.15, 0.2) is 11.4 Å². The molecule has 0 bridgehead atoms. The van der Waals surface area contributed by atoms with E-state index in [1.54, 1.807) is 0 Å². The second kappa shape index (κ2) is 8.13. The van der Waals surface area contributed by atoms with Crippen LogP contribution in [0, 0.1) is 11.6 Å². The first-order valence-electron chi connectivity index (χ1n) is 8.67. The zero-order valence-corrected chi connectivity index (χ0v) is 15.8. The van der Waals surface area contributed by atoms with Crippen molar-refractivity contribution in [2.45, 2.75) is 19.1 Å². The molecule has 10 heteroatoms. The molecule has 0 saturated heterocycles. The minimum Gasteiger partial charge on any atom is -0.493 e. The van der Waals surface area contributed by atoms with E-state index in [0.717, 1.165) is 22.9 Å². The molecular formula is C20H16F5N3O2. The molecular weight excluding hydrogens is 409 g/mol. The maximum atomic E-state index is 13.9. The Morgan fingerprint density at radius 3 is 2.53 bits per heavy atom. The summed E-state index contributed by atoms with van der Waals surface area (Å²) in [6.45, 7) is 1.49. The summed E-state index contributed by atoms with van der Waals surface area (Å²) < 4.78 is 72.0. The smallest absolute Gasteiger partial charge is 0.416 e. The van der Waals surface area contributed by atoms with Crippen LogP contribution in [0.3, 0.4) is 0 Å². The number of alkyl halides is 3. The maximum Gasteiger partial charge on any atom is 0.416 e. The Bertz CT molecular complexity index is 1080. The molecule has 30 heavy (non-hydrogen) atoms. The van der Waals surface area contributed by atoms with Crippen LogP contribution in [0.15, 0.2) is 48.7 Å². The van der Waals surface area contributed by atoms with Gasteiger partial charge in [-0.3, -0.25) is 4.79 Å².